The van der Waals surface area contributed by atoms with Gasteiger partial charge in [0, 0.05) is 30.3 Å². The Morgan fingerprint density at radius 1 is 1.03 bits per heavy atom. The van der Waals surface area contributed by atoms with E-state index in [-0.39, 0.29) is 35.7 Å². The van der Waals surface area contributed by atoms with Crippen molar-refractivity contribution in [3.63, 3.8) is 0 Å². The number of Topliss-reactive ketones (excluding diaryl/α,β-unsaturated/α-hetero) is 2. The second kappa shape index (κ2) is 9.57. The molecule has 1 aliphatic heterocycles. The highest BCUT2D eigenvalue weighted by atomic mass is 16.6. The van der Waals surface area contributed by atoms with Crippen LogP contribution in [0.4, 0.5) is 0 Å². The maximum Gasteiger partial charge on any atom is 0.317 e. The molecule has 1 N–H and O–H groups in total. The summed E-state index contributed by atoms with van der Waals surface area (Å²) < 4.78 is 5.11. The van der Waals surface area contributed by atoms with Gasteiger partial charge in [-0.1, -0.05) is 41.0 Å². The molecule has 6 heteroatoms. The van der Waals surface area contributed by atoms with E-state index < -0.39 is 23.2 Å². The van der Waals surface area contributed by atoms with E-state index in [1.807, 2.05) is 27.7 Å². The number of aliphatic hydroxyl groups is 1. The molecule has 1 saturated heterocycles. The highest BCUT2D eigenvalue weighted by Gasteiger charge is 2.66. The zero-order valence-electron chi connectivity index (χ0n) is 23.3. The van der Waals surface area contributed by atoms with Gasteiger partial charge in [0.2, 0.25) is 0 Å². The summed E-state index contributed by atoms with van der Waals surface area (Å²) in [6, 6.07) is 0. The summed E-state index contributed by atoms with van der Waals surface area (Å²) >= 11 is 0. The molecule has 5 aliphatic carbocycles. The van der Waals surface area contributed by atoms with E-state index in [1.165, 1.54) is 0 Å². The fourth-order valence-corrected chi connectivity index (χ4v) is 10.2. The predicted molar refractivity (Wildman–Crippen MR) is 138 cm³/mol. The molecule has 4 bridgehead atoms. The molecule has 0 aromatic rings. The highest BCUT2D eigenvalue weighted by molar-refractivity contribution is 5.96. The first kappa shape index (κ1) is 27.0. The Balaban J connectivity index is 1.51. The van der Waals surface area contributed by atoms with Gasteiger partial charge in [0.25, 0.3) is 0 Å². The van der Waals surface area contributed by atoms with E-state index in [1.54, 1.807) is 0 Å². The van der Waals surface area contributed by atoms with Gasteiger partial charge in [-0.05, 0) is 85.9 Å². The van der Waals surface area contributed by atoms with Crippen molar-refractivity contribution in [2.75, 3.05) is 6.61 Å². The van der Waals surface area contributed by atoms with Crippen LogP contribution in [-0.2, 0) is 23.9 Å². The number of carbonyl (C=O) groups is 4. The molecule has 6 rings (SSSR count). The van der Waals surface area contributed by atoms with Crippen LogP contribution in [0.15, 0.2) is 0 Å². The van der Waals surface area contributed by atoms with E-state index in [9.17, 15) is 24.3 Å². The fraction of sp³-hybridized carbons (Fsp3) is 0.871. The summed E-state index contributed by atoms with van der Waals surface area (Å²) in [5, 5.41) is 9.23. The number of rotatable bonds is 8. The normalized spacial score (nSPS) is 44.9. The monoisotopic (exact) mass is 514 g/mol. The number of ketones is 2. The third kappa shape index (κ3) is 4.33. The third-order valence-corrected chi connectivity index (χ3v) is 11.6. The summed E-state index contributed by atoms with van der Waals surface area (Å²) in [6.45, 7) is 10.3. The number of cyclic esters (lactones) is 2. The number of hydrogen-bond acceptors (Lipinski definition) is 6. The van der Waals surface area contributed by atoms with Crippen molar-refractivity contribution in [3.8, 4) is 0 Å². The lowest BCUT2D eigenvalue weighted by atomic mass is 9.42. The van der Waals surface area contributed by atoms with Gasteiger partial charge in [-0.25, -0.2) is 0 Å². The molecule has 5 saturated carbocycles. The highest BCUT2D eigenvalue weighted by Crippen LogP contribution is 2.70. The maximum absolute atomic E-state index is 13.8. The van der Waals surface area contributed by atoms with Gasteiger partial charge < -0.3 is 9.84 Å². The van der Waals surface area contributed by atoms with Crippen LogP contribution in [0.25, 0.3) is 0 Å². The van der Waals surface area contributed by atoms with Gasteiger partial charge in [-0.3, -0.25) is 19.2 Å². The number of fused-ring (bicyclic) bond motifs is 5. The van der Waals surface area contributed by atoms with Crippen molar-refractivity contribution in [2.45, 2.75) is 92.4 Å². The number of carbonyl (C=O) groups excluding carboxylic acids is 4. The standard InChI is InChI=1S/C31H46O6/c1-16-20-12-19(13-21(20)25(33)7-6-10-32)26(16)31(15-23-17(2)28(35)37-29(23)36)14-18-8-9-24(31)22(11-18)27(34)30(3,4)5/h16-24,26,32H,6-15H2,1-5H3. The van der Waals surface area contributed by atoms with Crippen LogP contribution in [0.5, 0.6) is 0 Å². The number of aliphatic hydroxyl groups excluding tert-OH is 1. The number of esters is 2. The van der Waals surface area contributed by atoms with Crippen molar-refractivity contribution in [1.29, 1.82) is 0 Å². The summed E-state index contributed by atoms with van der Waals surface area (Å²) in [5.74, 6) is 1.18. The largest absolute Gasteiger partial charge is 0.396 e. The van der Waals surface area contributed by atoms with Gasteiger partial charge in [0.05, 0.1) is 11.8 Å². The first-order chi connectivity index (χ1) is 17.4. The van der Waals surface area contributed by atoms with Crippen molar-refractivity contribution < 1.29 is 29.0 Å². The average molecular weight is 515 g/mol. The van der Waals surface area contributed by atoms with E-state index in [0.717, 1.165) is 38.5 Å². The lowest BCUT2D eigenvalue weighted by Gasteiger charge is -2.61. The summed E-state index contributed by atoms with van der Waals surface area (Å²) in [5.41, 5.74) is -0.582. The maximum atomic E-state index is 13.8. The second-order valence-corrected chi connectivity index (χ2v) is 14.5. The zero-order chi connectivity index (χ0) is 26.9. The average Bonchev–Trinajstić information content (AvgIpc) is 3.49. The predicted octanol–water partition coefficient (Wildman–Crippen LogP) is 5.00. The molecule has 11 unspecified atom stereocenters. The lowest BCUT2D eigenvalue weighted by Crippen LogP contribution is -2.57. The van der Waals surface area contributed by atoms with Crippen LogP contribution in [0.1, 0.15) is 92.4 Å². The van der Waals surface area contributed by atoms with Gasteiger partial charge in [0.1, 0.15) is 11.6 Å². The van der Waals surface area contributed by atoms with Crippen molar-refractivity contribution in [2.24, 2.45) is 70.0 Å². The van der Waals surface area contributed by atoms with Gasteiger partial charge in [0.15, 0.2) is 0 Å². The molecule has 0 aromatic heterocycles. The molecule has 6 aliphatic rings. The Hall–Kier alpha value is -1.56. The van der Waals surface area contributed by atoms with Crippen molar-refractivity contribution >= 4 is 23.5 Å². The van der Waals surface area contributed by atoms with Crippen molar-refractivity contribution in [1.82, 2.24) is 0 Å². The molecule has 0 spiro atoms. The first-order valence-corrected chi connectivity index (χ1v) is 14.8. The molecular formula is C31H46O6. The smallest absolute Gasteiger partial charge is 0.317 e. The second-order valence-electron chi connectivity index (χ2n) is 14.5. The molecule has 11 atom stereocenters. The van der Waals surface area contributed by atoms with Gasteiger partial charge in [-0.2, -0.15) is 0 Å². The number of ether oxygens (including phenoxy) is 1. The third-order valence-electron chi connectivity index (χ3n) is 11.6. The van der Waals surface area contributed by atoms with E-state index in [0.29, 0.717) is 60.4 Å². The Morgan fingerprint density at radius 2 is 1.76 bits per heavy atom. The van der Waals surface area contributed by atoms with Gasteiger partial charge >= 0.3 is 11.9 Å². The van der Waals surface area contributed by atoms with Crippen molar-refractivity contribution in [3.05, 3.63) is 0 Å². The molecule has 6 nitrogen and oxygen atoms in total. The minimum atomic E-state index is -0.441. The Morgan fingerprint density at radius 3 is 2.32 bits per heavy atom. The van der Waals surface area contributed by atoms with E-state index >= 15 is 0 Å². The summed E-state index contributed by atoms with van der Waals surface area (Å²) in [6.07, 6.45) is 7.68. The molecule has 1 heterocycles. The molecule has 0 radical (unpaired) electrons. The topological polar surface area (TPSA) is 97.7 Å². The molecule has 206 valence electrons. The molecule has 0 aromatic carbocycles. The minimum absolute atomic E-state index is 0.00393. The summed E-state index contributed by atoms with van der Waals surface area (Å²) in [4.78, 5) is 52.1. The lowest BCUT2D eigenvalue weighted by molar-refractivity contribution is -0.162. The SMILES string of the molecule is CC1C(=O)OC(=O)C1CC1(C2C3CC(C(=O)CCCO)C(C3)C2C)CC2CCC1C(C(=O)C(C)(C)C)C2. The van der Waals surface area contributed by atoms with E-state index in [2.05, 4.69) is 6.92 Å². The quantitative estimate of drug-likeness (QED) is 0.362. The number of hydrogen-bond donors (Lipinski definition) is 1. The van der Waals surface area contributed by atoms with E-state index in [4.69, 9.17) is 4.74 Å². The first-order valence-electron chi connectivity index (χ1n) is 14.8. The van der Waals surface area contributed by atoms with Gasteiger partial charge in [-0.15, -0.1) is 0 Å². The Bertz CT molecular complexity index is 961. The molecule has 37 heavy (non-hydrogen) atoms. The minimum Gasteiger partial charge on any atom is -0.396 e. The molecule has 6 fully saturated rings. The van der Waals surface area contributed by atoms with Crippen LogP contribution in [0.2, 0.25) is 0 Å². The van der Waals surface area contributed by atoms with Crippen LogP contribution in [0.3, 0.4) is 0 Å². The summed E-state index contributed by atoms with van der Waals surface area (Å²) in [7, 11) is 0. The fourth-order valence-electron chi connectivity index (χ4n) is 10.2. The molecule has 0 amide bonds. The van der Waals surface area contributed by atoms with Crippen LogP contribution < -0.4 is 0 Å². The van der Waals surface area contributed by atoms with Crippen LogP contribution in [0, 0.1) is 70.0 Å². The zero-order valence-corrected chi connectivity index (χ0v) is 23.3. The Kier molecular flexibility index (Phi) is 6.99. The van der Waals surface area contributed by atoms with Crippen LogP contribution in [-0.4, -0.2) is 35.2 Å². The van der Waals surface area contributed by atoms with Crippen LogP contribution >= 0.6 is 0 Å². The Labute approximate surface area is 221 Å². The molecular weight excluding hydrogens is 468 g/mol.